The molecule has 0 aromatic heterocycles. The van der Waals surface area contributed by atoms with Gasteiger partial charge in [-0.1, -0.05) is 12.1 Å². The smallest absolute Gasteiger partial charge is 0.265 e. The van der Waals surface area contributed by atoms with Crippen LogP contribution in [0.5, 0.6) is 5.75 Å². The maximum atomic E-state index is 12.9. The van der Waals surface area contributed by atoms with Crippen LogP contribution in [0.4, 0.5) is 15.8 Å². The lowest BCUT2D eigenvalue weighted by Gasteiger charge is -2.24. The molecule has 6 nitrogen and oxygen atoms in total. The lowest BCUT2D eigenvalue weighted by molar-refractivity contribution is -0.123. The average molecular weight is 371 g/mol. The van der Waals surface area contributed by atoms with Gasteiger partial charge in [0, 0.05) is 12.2 Å². The monoisotopic (exact) mass is 371 g/mol. The summed E-state index contributed by atoms with van der Waals surface area (Å²) in [5.41, 5.74) is 2.23. The van der Waals surface area contributed by atoms with E-state index in [0.29, 0.717) is 30.1 Å². The Hall–Kier alpha value is -3.09. The number of carbonyl (C=O) groups excluding carboxylic acids is 2. The molecule has 0 fully saturated rings. The number of carbonyl (C=O) groups is 2. The summed E-state index contributed by atoms with van der Waals surface area (Å²) >= 11 is 0. The number of hydrogen-bond donors (Lipinski definition) is 3. The Kier molecular flexibility index (Phi) is 5.59. The lowest BCUT2D eigenvalue weighted by Crippen LogP contribution is -2.38. The van der Waals surface area contributed by atoms with Crippen molar-refractivity contribution < 1.29 is 18.7 Å². The zero-order valence-corrected chi connectivity index (χ0v) is 15.2. The molecule has 3 rings (SSSR count). The first-order valence-electron chi connectivity index (χ1n) is 8.82. The Morgan fingerprint density at radius 3 is 2.74 bits per heavy atom. The van der Waals surface area contributed by atoms with Gasteiger partial charge >= 0.3 is 0 Å². The molecule has 0 aliphatic carbocycles. The summed E-state index contributed by atoms with van der Waals surface area (Å²) in [6.07, 6.45) is 0.0983. The van der Waals surface area contributed by atoms with Crippen LogP contribution in [0.3, 0.4) is 0 Å². The highest BCUT2D eigenvalue weighted by Gasteiger charge is 2.23. The third-order valence-electron chi connectivity index (χ3n) is 4.31. The quantitative estimate of drug-likeness (QED) is 0.730. The second-order valence-corrected chi connectivity index (χ2v) is 6.49. The molecule has 3 N–H and O–H groups in total. The fourth-order valence-corrected chi connectivity index (χ4v) is 2.75. The summed E-state index contributed by atoms with van der Waals surface area (Å²) in [5, 5.41) is 8.73. The molecule has 0 unspecified atom stereocenters. The molecule has 7 heteroatoms. The normalized spacial score (nSPS) is 16.6. The van der Waals surface area contributed by atoms with Crippen molar-refractivity contribution in [1.82, 2.24) is 5.32 Å². The van der Waals surface area contributed by atoms with Gasteiger partial charge in [0.15, 0.2) is 6.10 Å². The van der Waals surface area contributed by atoms with Crippen LogP contribution < -0.4 is 20.7 Å². The van der Waals surface area contributed by atoms with Gasteiger partial charge in [-0.05, 0) is 56.2 Å². The maximum absolute atomic E-state index is 12.9. The second kappa shape index (κ2) is 8.07. The predicted octanol–water partition coefficient (Wildman–Crippen LogP) is 2.70. The largest absolute Gasteiger partial charge is 0.479 e. The Morgan fingerprint density at radius 2 is 2.00 bits per heavy atom. The maximum Gasteiger partial charge on any atom is 0.265 e. The molecule has 2 atom stereocenters. The molecule has 2 aromatic rings. The number of ether oxygens (including phenoxy) is 1. The molecule has 0 spiro atoms. The first kappa shape index (κ1) is 18.7. The van der Waals surface area contributed by atoms with E-state index in [-0.39, 0.29) is 17.6 Å². The number of anilines is 2. The highest BCUT2D eigenvalue weighted by Crippen LogP contribution is 2.32. The Balaban J connectivity index is 1.51. The van der Waals surface area contributed by atoms with Gasteiger partial charge in [0.1, 0.15) is 17.6 Å². The molecular weight excluding hydrogens is 349 g/mol. The van der Waals surface area contributed by atoms with Crippen molar-refractivity contribution in [2.24, 2.45) is 0 Å². The van der Waals surface area contributed by atoms with Gasteiger partial charge in [0.05, 0.1) is 5.69 Å². The Morgan fingerprint density at radius 1 is 1.26 bits per heavy atom. The van der Waals surface area contributed by atoms with E-state index in [2.05, 4.69) is 16.0 Å². The van der Waals surface area contributed by atoms with Crippen LogP contribution in [0.2, 0.25) is 0 Å². The topological polar surface area (TPSA) is 79.5 Å². The van der Waals surface area contributed by atoms with Gasteiger partial charge in [-0.3, -0.25) is 9.59 Å². The van der Waals surface area contributed by atoms with E-state index in [9.17, 15) is 14.0 Å². The highest BCUT2D eigenvalue weighted by atomic mass is 19.1. The van der Waals surface area contributed by atoms with E-state index in [0.717, 1.165) is 5.56 Å². The minimum absolute atomic E-state index is 0.149. The fourth-order valence-electron chi connectivity index (χ4n) is 2.75. The molecule has 2 amide bonds. The molecule has 142 valence electrons. The van der Waals surface area contributed by atoms with E-state index >= 15 is 0 Å². The molecular formula is C20H22FN3O3. The van der Waals surface area contributed by atoms with Crippen LogP contribution in [0, 0.1) is 5.82 Å². The number of nitrogens with one attached hydrogen (secondary N) is 3. The number of fused-ring (bicyclic) bond motifs is 1. The molecule has 27 heavy (non-hydrogen) atoms. The zero-order chi connectivity index (χ0) is 19.4. The molecule has 0 radical (unpaired) electrons. The molecule has 1 aliphatic heterocycles. The van der Waals surface area contributed by atoms with Crippen LogP contribution in [0.25, 0.3) is 0 Å². The van der Waals surface area contributed by atoms with Crippen molar-refractivity contribution in [3.63, 3.8) is 0 Å². The number of hydrogen-bond acceptors (Lipinski definition) is 4. The zero-order valence-electron chi connectivity index (χ0n) is 15.2. The SMILES string of the molecule is C[C@@H](Nc1ccc2c(c1)NC(=O)[C@@H](C)O2)C(=O)NCCc1ccc(F)cc1. The third-order valence-corrected chi connectivity index (χ3v) is 4.31. The first-order valence-corrected chi connectivity index (χ1v) is 8.82. The standard InChI is InChI=1S/C20H22FN3O3/c1-12(19(25)22-10-9-14-3-5-15(21)6-4-14)23-16-7-8-18-17(11-16)24-20(26)13(2)27-18/h3-8,11-13,23H,9-10H2,1-2H3,(H,22,25)(H,24,26)/t12-,13-/m1/s1. The molecule has 0 bridgehead atoms. The van der Waals surface area contributed by atoms with Crippen molar-refractivity contribution in [3.05, 3.63) is 53.8 Å². The Bertz CT molecular complexity index is 839. The van der Waals surface area contributed by atoms with E-state index < -0.39 is 12.1 Å². The van der Waals surface area contributed by atoms with Gasteiger partial charge in [-0.25, -0.2) is 4.39 Å². The summed E-state index contributed by atoms with van der Waals surface area (Å²) in [6.45, 7) is 3.90. The molecule has 1 heterocycles. The number of amides is 2. The van der Waals surface area contributed by atoms with Crippen molar-refractivity contribution >= 4 is 23.2 Å². The minimum atomic E-state index is -0.526. The van der Waals surface area contributed by atoms with Crippen LogP contribution in [0.15, 0.2) is 42.5 Å². The number of halogens is 1. The van der Waals surface area contributed by atoms with Crippen LogP contribution in [-0.4, -0.2) is 30.5 Å². The van der Waals surface area contributed by atoms with Crippen molar-refractivity contribution in [1.29, 1.82) is 0 Å². The van der Waals surface area contributed by atoms with E-state index in [4.69, 9.17) is 4.74 Å². The van der Waals surface area contributed by atoms with E-state index in [1.165, 1.54) is 12.1 Å². The average Bonchev–Trinajstić information content (AvgIpc) is 2.64. The van der Waals surface area contributed by atoms with Gasteiger partial charge in [0.2, 0.25) is 5.91 Å². The first-order chi connectivity index (χ1) is 12.9. The van der Waals surface area contributed by atoms with Gasteiger partial charge < -0.3 is 20.7 Å². The molecule has 0 saturated heterocycles. The number of benzene rings is 2. The van der Waals surface area contributed by atoms with Crippen molar-refractivity contribution in [3.8, 4) is 5.75 Å². The third kappa shape index (κ3) is 4.75. The van der Waals surface area contributed by atoms with Crippen LogP contribution in [-0.2, 0) is 16.0 Å². The number of rotatable bonds is 6. The van der Waals surface area contributed by atoms with E-state index in [1.807, 2.05) is 0 Å². The molecule has 1 aliphatic rings. The molecule has 2 aromatic carbocycles. The van der Waals surface area contributed by atoms with E-state index in [1.54, 1.807) is 44.2 Å². The minimum Gasteiger partial charge on any atom is -0.479 e. The van der Waals surface area contributed by atoms with Crippen LogP contribution in [0.1, 0.15) is 19.4 Å². The summed E-state index contributed by atoms with van der Waals surface area (Å²) in [4.78, 5) is 24.0. The summed E-state index contributed by atoms with van der Waals surface area (Å²) in [6, 6.07) is 11.0. The lowest BCUT2D eigenvalue weighted by atomic mass is 10.1. The second-order valence-electron chi connectivity index (χ2n) is 6.49. The van der Waals surface area contributed by atoms with Gasteiger partial charge in [-0.15, -0.1) is 0 Å². The van der Waals surface area contributed by atoms with Crippen LogP contribution >= 0.6 is 0 Å². The fraction of sp³-hybridized carbons (Fsp3) is 0.300. The summed E-state index contributed by atoms with van der Waals surface area (Å²) < 4.78 is 18.4. The van der Waals surface area contributed by atoms with Crippen molar-refractivity contribution in [2.75, 3.05) is 17.2 Å². The summed E-state index contributed by atoms with van der Waals surface area (Å²) in [7, 11) is 0. The van der Waals surface area contributed by atoms with Crippen molar-refractivity contribution in [2.45, 2.75) is 32.4 Å². The van der Waals surface area contributed by atoms with Gasteiger partial charge in [0.25, 0.3) is 5.91 Å². The Labute approximate surface area is 157 Å². The predicted molar refractivity (Wildman–Crippen MR) is 101 cm³/mol. The summed E-state index contributed by atoms with van der Waals surface area (Å²) in [5.74, 6) is -0.0271. The highest BCUT2D eigenvalue weighted by molar-refractivity contribution is 5.98. The van der Waals surface area contributed by atoms with Gasteiger partial charge in [-0.2, -0.15) is 0 Å². The molecule has 0 saturated carbocycles.